The maximum absolute atomic E-state index is 13.8. The first-order chi connectivity index (χ1) is 23.0. The molecular weight excluding hydrogens is 660 g/mol. The van der Waals surface area contributed by atoms with Crippen LogP contribution in [0.2, 0.25) is 0 Å². The number of ether oxygens (including phenoxy) is 1. The molecule has 2 aliphatic rings. The monoisotopic (exact) mass is 705 g/mol. The molecule has 10 nitrogen and oxygen atoms in total. The summed E-state index contributed by atoms with van der Waals surface area (Å²) < 4.78 is 88.4. The Hall–Kier alpha value is -3.82. The van der Waals surface area contributed by atoms with Crippen molar-refractivity contribution in [1.82, 2.24) is 15.1 Å². The number of aliphatic hydroxyl groups excluding tert-OH is 1. The number of aliphatic hydroxyl groups is 1. The molecule has 3 rings (SSSR count). The number of allylic oxidation sites excluding steroid dienone is 1. The van der Waals surface area contributed by atoms with E-state index in [1.807, 2.05) is 13.8 Å². The molecule has 2 fully saturated rings. The number of piperidine rings is 1. The minimum atomic E-state index is -5.04. The van der Waals surface area contributed by atoms with Crippen LogP contribution < -0.4 is 5.32 Å². The number of hydrogen-bond donors (Lipinski definition) is 3. The van der Waals surface area contributed by atoms with Gasteiger partial charge in [0.25, 0.3) is 0 Å². The highest BCUT2D eigenvalue weighted by Crippen LogP contribution is 2.38. The molecule has 0 spiro atoms. The minimum absolute atomic E-state index is 0.0444. The summed E-state index contributed by atoms with van der Waals surface area (Å²) >= 11 is 0. The first-order valence-corrected chi connectivity index (χ1v) is 16.3. The Bertz CT molecular complexity index is 1310. The van der Waals surface area contributed by atoms with Gasteiger partial charge in [0, 0.05) is 43.1 Å². The molecule has 1 unspecified atom stereocenters. The fourth-order valence-electron chi connectivity index (χ4n) is 6.49. The number of alkyl halides is 6. The van der Waals surface area contributed by atoms with E-state index in [1.165, 1.54) is 11.1 Å². The molecule has 0 radical (unpaired) electrons. The van der Waals surface area contributed by atoms with Crippen LogP contribution >= 0.6 is 0 Å². The normalized spacial score (nSPS) is 24.0. The number of carbonyl (C=O) groups excluding carboxylic acids is 1. The molecule has 1 saturated carbocycles. The Morgan fingerprint density at radius 1 is 1.02 bits per heavy atom. The Balaban J connectivity index is 1.99. The van der Waals surface area contributed by atoms with E-state index in [0.29, 0.717) is 56.4 Å². The van der Waals surface area contributed by atoms with Crippen molar-refractivity contribution in [3.05, 3.63) is 46.8 Å². The summed E-state index contributed by atoms with van der Waals surface area (Å²) in [6.45, 7) is 8.61. The number of nitrogens with zero attached hydrogens (tertiary/aromatic N) is 4. The van der Waals surface area contributed by atoms with E-state index in [1.54, 1.807) is 11.8 Å². The first kappa shape index (κ1) is 39.6. The smallest absolute Gasteiger partial charge is 0.416 e. The average Bonchev–Trinajstić information content (AvgIpc) is 3.05. The number of carbonyl (C=O) groups is 2. The highest BCUT2D eigenvalue weighted by molar-refractivity contribution is 5.85. The zero-order chi connectivity index (χ0) is 36.5. The van der Waals surface area contributed by atoms with Gasteiger partial charge in [0.05, 0.1) is 23.7 Å². The van der Waals surface area contributed by atoms with Gasteiger partial charge in [0.2, 0.25) is 5.96 Å². The number of benzene rings is 1. The molecular formula is C33H45F6N5O5. The van der Waals surface area contributed by atoms with Crippen LogP contribution in [-0.2, 0) is 28.4 Å². The van der Waals surface area contributed by atoms with Crippen LogP contribution in [0.4, 0.5) is 31.1 Å². The summed E-state index contributed by atoms with van der Waals surface area (Å²) in [5.74, 6) is -1.40. The van der Waals surface area contributed by atoms with E-state index in [-0.39, 0.29) is 43.6 Å². The van der Waals surface area contributed by atoms with E-state index in [9.17, 15) is 41.0 Å². The molecule has 49 heavy (non-hydrogen) atoms. The van der Waals surface area contributed by atoms with E-state index < -0.39 is 72.2 Å². The molecule has 3 atom stereocenters. The molecule has 1 heterocycles. The highest BCUT2D eigenvalue weighted by atomic mass is 19.4. The van der Waals surface area contributed by atoms with Gasteiger partial charge in [-0.05, 0) is 88.8 Å². The molecule has 1 saturated heterocycles. The van der Waals surface area contributed by atoms with Gasteiger partial charge in [-0.15, -0.1) is 0 Å². The van der Waals surface area contributed by atoms with Crippen molar-refractivity contribution in [3.8, 4) is 0 Å². The number of carboxylic acids is 1. The standard InChI is InChI=1S/C33H45F6N5O5/c1-5-25-16-27(17-26(6-2)44(25)31(48)49-28-9-7-22(8-10-28)29(46)47)43(30(40-4)42-18-20(3)41-11-12-45)19-21-13-23(32(34,35)36)15-24(14-21)33(37,38)39/h13-15,18,22,25-28,41,45H,4-12,16-17,19H2,1-3H3,(H,46,47)/b20-18+,42-30?/t22?,25-,26+,27?,28?. The van der Waals surface area contributed by atoms with Gasteiger partial charge in [-0.1, -0.05) is 13.8 Å². The summed E-state index contributed by atoms with van der Waals surface area (Å²) in [5.41, 5.74) is -2.64. The number of aliphatic imine (C=N–C) groups is 2. The van der Waals surface area contributed by atoms with Gasteiger partial charge in [-0.3, -0.25) is 4.79 Å². The molecule has 1 aliphatic heterocycles. The highest BCUT2D eigenvalue weighted by Gasteiger charge is 2.42. The van der Waals surface area contributed by atoms with E-state index >= 15 is 0 Å². The number of hydrogen-bond acceptors (Lipinski definition) is 6. The zero-order valence-electron chi connectivity index (χ0n) is 27.9. The number of guanidine groups is 1. The van der Waals surface area contributed by atoms with Crippen LogP contribution in [0.15, 0.2) is 40.1 Å². The second kappa shape index (κ2) is 17.2. The van der Waals surface area contributed by atoms with Crippen LogP contribution in [-0.4, -0.2) is 82.1 Å². The van der Waals surface area contributed by atoms with Crippen molar-refractivity contribution < 1.29 is 50.9 Å². The predicted octanol–water partition coefficient (Wildman–Crippen LogP) is 6.83. The number of rotatable bonds is 11. The van der Waals surface area contributed by atoms with Gasteiger partial charge in [0.15, 0.2) is 0 Å². The average molecular weight is 706 g/mol. The topological polar surface area (TPSA) is 127 Å². The third-order valence-corrected chi connectivity index (χ3v) is 9.05. The van der Waals surface area contributed by atoms with Gasteiger partial charge in [-0.2, -0.15) is 26.3 Å². The molecule has 1 amide bonds. The van der Waals surface area contributed by atoms with Crippen LogP contribution in [0.1, 0.15) is 88.8 Å². The van der Waals surface area contributed by atoms with E-state index in [2.05, 4.69) is 22.0 Å². The quantitative estimate of drug-likeness (QED) is 0.131. The van der Waals surface area contributed by atoms with E-state index in [4.69, 9.17) is 9.84 Å². The fraction of sp³-hybridized carbons (Fsp3) is 0.636. The largest absolute Gasteiger partial charge is 0.481 e. The van der Waals surface area contributed by atoms with Crippen molar-refractivity contribution >= 4 is 24.7 Å². The predicted molar refractivity (Wildman–Crippen MR) is 171 cm³/mol. The lowest BCUT2D eigenvalue weighted by Crippen LogP contribution is -2.57. The number of amides is 1. The molecule has 1 aliphatic carbocycles. The van der Waals surface area contributed by atoms with Crippen LogP contribution in [0.5, 0.6) is 0 Å². The SMILES string of the molecule is C=NC(=N/C=C(\C)NCCO)N(Cc1cc(C(F)(F)F)cc(C(F)(F)F)c1)C1C[C@@H](CC)N(C(=O)OC2CCC(C(=O)O)CC2)[C@@H](CC)C1. The van der Waals surface area contributed by atoms with Gasteiger partial charge in [-0.25, -0.2) is 14.8 Å². The van der Waals surface area contributed by atoms with E-state index in [0.717, 1.165) is 0 Å². The Kier molecular flexibility index (Phi) is 13.9. The summed E-state index contributed by atoms with van der Waals surface area (Å²) in [4.78, 5) is 36.5. The molecule has 274 valence electrons. The maximum atomic E-state index is 13.8. The number of aliphatic carboxylic acids is 1. The van der Waals surface area contributed by atoms with Crippen LogP contribution in [0.25, 0.3) is 0 Å². The summed E-state index contributed by atoms with van der Waals surface area (Å²) in [6, 6.07) is 0.0791. The van der Waals surface area contributed by atoms with Crippen LogP contribution in [0, 0.1) is 5.92 Å². The minimum Gasteiger partial charge on any atom is -0.481 e. The summed E-state index contributed by atoms with van der Waals surface area (Å²) in [7, 11) is 0. The lowest BCUT2D eigenvalue weighted by molar-refractivity contribution is -0.144. The van der Waals surface area contributed by atoms with Crippen molar-refractivity contribution in [2.24, 2.45) is 15.9 Å². The second-order valence-electron chi connectivity index (χ2n) is 12.4. The molecule has 0 bridgehead atoms. The van der Waals surface area contributed by atoms with Crippen molar-refractivity contribution in [2.45, 2.75) is 115 Å². The van der Waals surface area contributed by atoms with Crippen LogP contribution in [0.3, 0.4) is 0 Å². The summed E-state index contributed by atoms with van der Waals surface area (Å²) in [6.07, 6.45) is -6.55. The number of likely N-dealkylation sites (tertiary alicyclic amines) is 1. The Morgan fingerprint density at radius 2 is 1.57 bits per heavy atom. The maximum Gasteiger partial charge on any atom is 0.416 e. The first-order valence-electron chi connectivity index (χ1n) is 16.3. The third kappa shape index (κ3) is 10.8. The summed E-state index contributed by atoms with van der Waals surface area (Å²) in [5, 5.41) is 21.3. The van der Waals surface area contributed by atoms with Gasteiger partial charge < -0.3 is 30.1 Å². The second-order valence-corrected chi connectivity index (χ2v) is 12.4. The zero-order valence-corrected chi connectivity index (χ0v) is 27.9. The molecule has 1 aromatic rings. The number of halogens is 6. The lowest BCUT2D eigenvalue weighted by Gasteiger charge is -2.48. The van der Waals surface area contributed by atoms with Gasteiger partial charge >= 0.3 is 24.4 Å². The van der Waals surface area contributed by atoms with Crippen molar-refractivity contribution in [1.29, 1.82) is 0 Å². The lowest BCUT2D eigenvalue weighted by atomic mass is 9.87. The van der Waals surface area contributed by atoms with Crippen molar-refractivity contribution in [2.75, 3.05) is 13.2 Å². The Labute approximate surface area is 281 Å². The molecule has 0 aromatic heterocycles. The van der Waals surface area contributed by atoms with Crippen molar-refractivity contribution in [3.63, 3.8) is 0 Å². The molecule has 16 heteroatoms. The number of carboxylic acid groups (broad SMARTS) is 1. The molecule has 3 N–H and O–H groups in total. The number of nitrogens with one attached hydrogen (secondary N) is 1. The fourth-order valence-corrected chi connectivity index (χ4v) is 6.49. The third-order valence-electron chi connectivity index (χ3n) is 9.05. The van der Waals surface area contributed by atoms with Gasteiger partial charge in [0.1, 0.15) is 6.10 Å². The molecule has 1 aromatic carbocycles. The Morgan fingerprint density at radius 3 is 2.02 bits per heavy atom.